The first-order valence-corrected chi connectivity index (χ1v) is 13.4. The maximum atomic E-state index is 12.8. The van der Waals surface area contributed by atoms with Crippen molar-refractivity contribution in [1.82, 2.24) is 0 Å². The van der Waals surface area contributed by atoms with Crippen molar-refractivity contribution in [2.45, 2.75) is 109 Å². The van der Waals surface area contributed by atoms with Crippen molar-refractivity contribution in [2.24, 2.45) is 5.92 Å². The lowest BCUT2D eigenvalue weighted by Gasteiger charge is -2.37. The Balaban J connectivity index is 2.68. The number of hydrogen-bond acceptors (Lipinski definition) is 3. The molecule has 0 aromatic carbocycles. The molecule has 0 amide bonds. The van der Waals surface area contributed by atoms with Crippen LogP contribution in [-0.4, -0.2) is 29.7 Å². The molecule has 0 bridgehead atoms. The summed E-state index contributed by atoms with van der Waals surface area (Å²) in [4.78, 5) is 12.8. The van der Waals surface area contributed by atoms with Crippen molar-refractivity contribution in [3.8, 4) is 0 Å². The summed E-state index contributed by atoms with van der Waals surface area (Å²) >= 11 is 0. The number of rotatable bonds is 10. The van der Waals surface area contributed by atoms with Gasteiger partial charge in [0.2, 0.25) is 9.76 Å². The van der Waals surface area contributed by atoms with Crippen molar-refractivity contribution < 1.29 is 13.6 Å². The third-order valence-corrected chi connectivity index (χ3v) is 11.8. The summed E-state index contributed by atoms with van der Waals surface area (Å²) in [6, 6.07) is 3.07. The first kappa shape index (κ1) is 21.9. The molecule has 0 aromatic rings. The Labute approximate surface area is 153 Å². The fourth-order valence-corrected chi connectivity index (χ4v) is 9.91. The Morgan fingerprint density at radius 3 is 2.17 bits per heavy atom. The molecule has 0 aliphatic heterocycles. The van der Waals surface area contributed by atoms with Gasteiger partial charge in [-0.1, -0.05) is 46.5 Å². The molecule has 140 valence electrons. The van der Waals surface area contributed by atoms with E-state index in [0.717, 1.165) is 31.0 Å². The van der Waals surface area contributed by atoms with Crippen molar-refractivity contribution in [2.75, 3.05) is 0 Å². The van der Waals surface area contributed by atoms with Gasteiger partial charge >= 0.3 is 0 Å². The molecule has 0 heterocycles. The van der Waals surface area contributed by atoms with E-state index in [0.29, 0.717) is 15.3 Å². The van der Waals surface area contributed by atoms with Crippen LogP contribution >= 0.6 is 0 Å². The lowest BCUT2D eigenvalue weighted by Crippen LogP contribution is -2.45. The fourth-order valence-electron chi connectivity index (χ4n) is 3.78. The van der Waals surface area contributed by atoms with Crippen LogP contribution in [0.1, 0.15) is 80.1 Å². The number of carbonyl (C=O) groups is 1. The van der Waals surface area contributed by atoms with Gasteiger partial charge in [-0.2, -0.15) is 0 Å². The third kappa shape index (κ3) is 7.00. The summed E-state index contributed by atoms with van der Waals surface area (Å²) in [6.45, 7) is 12.7. The summed E-state index contributed by atoms with van der Waals surface area (Å²) < 4.78 is 12.2. The highest BCUT2D eigenvalue weighted by atomic mass is 28.4. The van der Waals surface area contributed by atoms with Crippen LogP contribution in [0.2, 0.25) is 23.7 Å². The second-order valence-electron chi connectivity index (χ2n) is 8.43. The largest absolute Gasteiger partial charge is 0.519 e. The molecule has 24 heavy (non-hydrogen) atoms. The Bertz CT molecular complexity index is 367. The molecule has 0 spiro atoms. The van der Waals surface area contributed by atoms with Crippen molar-refractivity contribution >= 4 is 24.0 Å². The molecule has 1 atom stereocenters. The van der Waals surface area contributed by atoms with Crippen molar-refractivity contribution in [3.63, 3.8) is 0 Å². The minimum atomic E-state index is -1.95. The average Bonchev–Trinajstić information content (AvgIpc) is 3.00. The topological polar surface area (TPSA) is 35.5 Å². The van der Waals surface area contributed by atoms with Gasteiger partial charge in [-0.05, 0) is 57.3 Å². The zero-order chi connectivity index (χ0) is 18.2. The van der Waals surface area contributed by atoms with E-state index in [-0.39, 0.29) is 17.5 Å². The molecule has 0 N–H and O–H groups in total. The second-order valence-corrected chi connectivity index (χ2v) is 13.5. The van der Waals surface area contributed by atoms with E-state index in [2.05, 4.69) is 34.6 Å². The molecule has 0 saturated heterocycles. The summed E-state index contributed by atoms with van der Waals surface area (Å²) in [5, 5.41) is 0. The van der Waals surface area contributed by atoms with Crippen LogP contribution in [0.5, 0.6) is 0 Å². The normalized spacial score (nSPS) is 17.9. The van der Waals surface area contributed by atoms with E-state index < -0.39 is 8.32 Å². The van der Waals surface area contributed by atoms with Gasteiger partial charge in [-0.25, -0.2) is 0 Å². The minimum absolute atomic E-state index is 0.0421. The van der Waals surface area contributed by atoms with Crippen molar-refractivity contribution in [3.05, 3.63) is 0 Å². The summed E-state index contributed by atoms with van der Waals surface area (Å²) in [5.74, 6) is -0.00634. The quantitative estimate of drug-likeness (QED) is 0.461. The molecule has 1 aliphatic rings. The molecule has 1 fully saturated rings. The molecule has 3 nitrogen and oxygen atoms in total. The van der Waals surface area contributed by atoms with Gasteiger partial charge in [-0.3, -0.25) is 4.79 Å². The van der Waals surface area contributed by atoms with E-state index in [4.69, 9.17) is 8.85 Å². The number of carbonyl (C=O) groups excluding carboxylic acids is 1. The Hall–Kier alpha value is -0.136. The van der Waals surface area contributed by atoms with Crippen LogP contribution < -0.4 is 0 Å². The van der Waals surface area contributed by atoms with Gasteiger partial charge in [-0.15, -0.1) is 0 Å². The van der Waals surface area contributed by atoms with Crippen molar-refractivity contribution in [1.29, 1.82) is 0 Å². The van der Waals surface area contributed by atoms with Crippen LogP contribution in [-0.2, 0) is 13.6 Å². The predicted molar refractivity (Wildman–Crippen MR) is 105 cm³/mol. The molecular formula is C19H38O3Si2. The average molecular weight is 371 g/mol. The van der Waals surface area contributed by atoms with E-state index >= 15 is 0 Å². The third-order valence-electron chi connectivity index (χ3n) is 4.92. The van der Waals surface area contributed by atoms with E-state index in [1.54, 1.807) is 0 Å². The molecule has 1 unspecified atom stereocenters. The smallest absolute Gasteiger partial charge is 0.295 e. The van der Waals surface area contributed by atoms with E-state index in [1.807, 2.05) is 6.92 Å². The maximum absolute atomic E-state index is 12.8. The zero-order valence-corrected chi connectivity index (χ0v) is 18.7. The Morgan fingerprint density at radius 1 is 1.17 bits per heavy atom. The lowest BCUT2D eigenvalue weighted by atomic mass is 10.2. The SMILES string of the molecule is CCC[Si](CCC)(OC(=O)C(C)C[Si]OC(C)(C)C)C1CCCC1. The second kappa shape index (κ2) is 10.1. The van der Waals surface area contributed by atoms with Crippen LogP contribution in [0.4, 0.5) is 0 Å². The van der Waals surface area contributed by atoms with Crippen LogP contribution in [0, 0.1) is 5.92 Å². The Kier molecular flexibility index (Phi) is 9.24. The van der Waals surface area contributed by atoms with Gasteiger partial charge in [0.25, 0.3) is 14.3 Å². The lowest BCUT2D eigenvalue weighted by molar-refractivity contribution is -0.139. The maximum Gasteiger partial charge on any atom is 0.295 e. The van der Waals surface area contributed by atoms with Gasteiger partial charge in [0.15, 0.2) is 0 Å². The van der Waals surface area contributed by atoms with E-state index in [9.17, 15) is 4.79 Å². The van der Waals surface area contributed by atoms with Gasteiger partial charge in [0, 0.05) is 5.60 Å². The highest BCUT2D eigenvalue weighted by Gasteiger charge is 2.46. The molecule has 1 aliphatic carbocycles. The van der Waals surface area contributed by atoms with Gasteiger partial charge in [0.1, 0.15) is 0 Å². The molecule has 1 rings (SSSR count). The number of hydrogen-bond donors (Lipinski definition) is 0. The first-order valence-electron chi connectivity index (χ1n) is 9.87. The fraction of sp³-hybridized carbons (Fsp3) is 0.947. The summed E-state index contributed by atoms with van der Waals surface area (Å²) in [7, 11) is -1.58. The molecule has 1 saturated carbocycles. The zero-order valence-electron chi connectivity index (χ0n) is 16.7. The molecule has 0 aromatic heterocycles. The highest BCUT2D eigenvalue weighted by molar-refractivity contribution is 6.76. The highest BCUT2D eigenvalue weighted by Crippen LogP contribution is 2.44. The van der Waals surface area contributed by atoms with Gasteiger partial charge in [0.05, 0.1) is 5.92 Å². The minimum Gasteiger partial charge on any atom is -0.519 e. The predicted octanol–water partition coefficient (Wildman–Crippen LogP) is 5.73. The van der Waals surface area contributed by atoms with Gasteiger partial charge < -0.3 is 8.85 Å². The molecule has 2 radical (unpaired) electrons. The molecule has 5 heteroatoms. The summed E-state index contributed by atoms with van der Waals surface area (Å²) in [5.41, 5.74) is 0.566. The molecular weight excluding hydrogens is 332 g/mol. The standard InChI is InChI=1S/C19H38O3Si2/c1-7-13-24(14-8-2,17-11-9-10-12-17)21-18(20)16(3)15-23-22-19(4,5)6/h16-17H,7-15H2,1-6H3. The summed E-state index contributed by atoms with van der Waals surface area (Å²) in [6.07, 6.45) is 7.48. The first-order chi connectivity index (χ1) is 11.2. The van der Waals surface area contributed by atoms with Crippen LogP contribution in [0.3, 0.4) is 0 Å². The van der Waals surface area contributed by atoms with Crippen LogP contribution in [0.15, 0.2) is 0 Å². The monoisotopic (exact) mass is 370 g/mol. The Morgan fingerprint density at radius 2 is 1.71 bits per heavy atom. The van der Waals surface area contributed by atoms with E-state index in [1.165, 1.54) is 25.7 Å². The van der Waals surface area contributed by atoms with Crippen LogP contribution in [0.25, 0.3) is 0 Å².